The summed E-state index contributed by atoms with van der Waals surface area (Å²) in [7, 11) is 0. The van der Waals surface area contributed by atoms with E-state index in [9.17, 15) is 4.79 Å². The molecular formula is C15H18N2O2. The highest BCUT2D eigenvalue weighted by Gasteiger charge is 2.38. The van der Waals surface area contributed by atoms with E-state index in [1.54, 1.807) is 6.07 Å². The van der Waals surface area contributed by atoms with Gasteiger partial charge in [-0.1, -0.05) is 12.5 Å². The van der Waals surface area contributed by atoms with E-state index in [0.29, 0.717) is 12.1 Å². The summed E-state index contributed by atoms with van der Waals surface area (Å²) in [6, 6.07) is 7.79. The molecule has 0 saturated heterocycles. The van der Waals surface area contributed by atoms with Crippen LogP contribution in [0.25, 0.3) is 0 Å². The first-order valence-electron chi connectivity index (χ1n) is 6.51. The molecule has 2 N–H and O–H groups in total. The lowest BCUT2D eigenvalue weighted by Gasteiger charge is -2.41. The lowest BCUT2D eigenvalue weighted by molar-refractivity contribution is -0.141. The van der Waals surface area contributed by atoms with Gasteiger partial charge in [0.25, 0.3) is 0 Å². The zero-order valence-corrected chi connectivity index (χ0v) is 11.1. The lowest BCUT2D eigenvalue weighted by atomic mass is 9.66. The van der Waals surface area contributed by atoms with Crippen LogP contribution in [0.15, 0.2) is 18.2 Å². The topological polar surface area (TPSA) is 73.1 Å². The van der Waals surface area contributed by atoms with Crippen LogP contribution in [0.3, 0.4) is 0 Å². The molecule has 0 spiro atoms. The second-order valence-electron chi connectivity index (χ2n) is 5.44. The number of anilines is 1. The molecule has 100 valence electrons. The van der Waals surface area contributed by atoms with Crippen molar-refractivity contribution in [2.24, 2.45) is 5.41 Å². The van der Waals surface area contributed by atoms with Gasteiger partial charge in [0.1, 0.15) is 6.07 Å². The largest absolute Gasteiger partial charge is 0.481 e. The molecule has 1 fully saturated rings. The fourth-order valence-corrected chi connectivity index (χ4v) is 2.60. The zero-order valence-electron chi connectivity index (χ0n) is 11.1. The third-order valence-electron chi connectivity index (χ3n) is 3.89. The Kier molecular flexibility index (Phi) is 3.75. The van der Waals surface area contributed by atoms with E-state index < -0.39 is 5.97 Å². The molecule has 2 rings (SSSR count). The predicted octanol–water partition coefficient (Wildman–Crippen LogP) is 2.92. The maximum absolute atomic E-state index is 10.9. The highest BCUT2D eigenvalue weighted by molar-refractivity contribution is 5.68. The maximum atomic E-state index is 10.9. The van der Waals surface area contributed by atoms with Crippen LogP contribution in [0.2, 0.25) is 0 Å². The number of rotatable bonds is 5. The van der Waals surface area contributed by atoms with Gasteiger partial charge in [0.2, 0.25) is 0 Å². The van der Waals surface area contributed by atoms with Crippen LogP contribution in [0.4, 0.5) is 5.69 Å². The number of benzene rings is 1. The summed E-state index contributed by atoms with van der Waals surface area (Å²) in [5.41, 5.74) is 2.36. The van der Waals surface area contributed by atoms with Crippen LogP contribution in [-0.2, 0) is 4.79 Å². The second-order valence-corrected chi connectivity index (χ2v) is 5.44. The average Bonchev–Trinajstić information content (AvgIpc) is 2.32. The van der Waals surface area contributed by atoms with Crippen molar-refractivity contribution >= 4 is 11.7 Å². The Hall–Kier alpha value is -2.02. The number of hydrogen-bond acceptors (Lipinski definition) is 3. The van der Waals surface area contributed by atoms with Gasteiger partial charge >= 0.3 is 5.97 Å². The fourth-order valence-electron chi connectivity index (χ4n) is 2.60. The van der Waals surface area contributed by atoms with Crippen molar-refractivity contribution in [1.29, 1.82) is 5.26 Å². The molecule has 1 aromatic rings. The van der Waals surface area contributed by atoms with Crippen molar-refractivity contribution < 1.29 is 9.90 Å². The van der Waals surface area contributed by atoms with E-state index in [-0.39, 0.29) is 11.8 Å². The van der Waals surface area contributed by atoms with E-state index in [4.69, 9.17) is 10.4 Å². The molecule has 19 heavy (non-hydrogen) atoms. The second kappa shape index (κ2) is 5.31. The molecule has 0 bridgehead atoms. The number of carboxylic acid groups (broad SMARTS) is 1. The van der Waals surface area contributed by atoms with Gasteiger partial charge < -0.3 is 10.4 Å². The number of carboxylic acids is 1. The molecule has 4 nitrogen and oxygen atoms in total. The molecule has 0 atom stereocenters. The van der Waals surface area contributed by atoms with Crippen molar-refractivity contribution in [3.05, 3.63) is 29.3 Å². The number of nitrogens with one attached hydrogen (secondary N) is 1. The van der Waals surface area contributed by atoms with Crippen molar-refractivity contribution in [3.63, 3.8) is 0 Å². The van der Waals surface area contributed by atoms with Crippen molar-refractivity contribution in [2.45, 2.75) is 32.6 Å². The molecule has 1 saturated carbocycles. The van der Waals surface area contributed by atoms with E-state index >= 15 is 0 Å². The van der Waals surface area contributed by atoms with Crippen LogP contribution in [0, 0.1) is 23.7 Å². The van der Waals surface area contributed by atoms with Gasteiger partial charge in [0.15, 0.2) is 0 Å². The minimum Gasteiger partial charge on any atom is -0.481 e. The normalized spacial score (nSPS) is 16.2. The quantitative estimate of drug-likeness (QED) is 0.851. The predicted molar refractivity (Wildman–Crippen MR) is 72.9 cm³/mol. The first kappa shape index (κ1) is 13.4. The molecule has 0 radical (unpaired) electrons. The molecule has 1 aromatic carbocycles. The summed E-state index contributed by atoms with van der Waals surface area (Å²) in [6.07, 6.45) is 3.18. The highest BCUT2D eigenvalue weighted by Crippen LogP contribution is 2.44. The summed E-state index contributed by atoms with van der Waals surface area (Å²) in [5.74, 6) is -0.744. The van der Waals surface area contributed by atoms with E-state index in [1.807, 2.05) is 19.1 Å². The highest BCUT2D eigenvalue weighted by atomic mass is 16.4. The number of aryl methyl sites for hydroxylation is 1. The third-order valence-corrected chi connectivity index (χ3v) is 3.89. The number of aliphatic carboxylic acids is 1. The van der Waals surface area contributed by atoms with Crippen LogP contribution in [-0.4, -0.2) is 17.6 Å². The van der Waals surface area contributed by atoms with Gasteiger partial charge in [-0.25, -0.2) is 0 Å². The molecule has 0 aromatic heterocycles. The molecular weight excluding hydrogens is 240 g/mol. The van der Waals surface area contributed by atoms with Crippen LogP contribution < -0.4 is 5.32 Å². The first-order chi connectivity index (χ1) is 9.04. The maximum Gasteiger partial charge on any atom is 0.303 e. The number of nitriles is 1. The minimum atomic E-state index is -0.744. The smallest absolute Gasteiger partial charge is 0.303 e. The van der Waals surface area contributed by atoms with Crippen LogP contribution >= 0.6 is 0 Å². The van der Waals surface area contributed by atoms with Crippen molar-refractivity contribution in [3.8, 4) is 6.07 Å². The first-order valence-corrected chi connectivity index (χ1v) is 6.51. The molecule has 1 aliphatic rings. The molecule has 0 unspecified atom stereocenters. The number of hydrogen-bond donors (Lipinski definition) is 2. The molecule has 0 amide bonds. The number of nitrogens with zero attached hydrogens (tertiary/aromatic N) is 1. The van der Waals surface area contributed by atoms with Gasteiger partial charge in [-0.2, -0.15) is 5.26 Å². The Morgan fingerprint density at radius 2 is 2.26 bits per heavy atom. The van der Waals surface area contributed by atoms with Crippen LogP contribution in [0.1, 0.15) is 36.8 Å². The minimum absolute atomic E-state index is 0.137. The summed E-state index contributed by atoms with van der Waals surface area (Å²) >= 11 is 0. The van der Waals surface area contributed by atoms with Crippen molar-refractivity contribution in [2.75, 3.05) is 11.9 Å². The third kappa shape index (κ3) is 3.05. The average molecular weight is 258 g/mol. The zero-order chi connectivity index (χ0) is 13.9. The Morgan fingerprint density at radius 3 is 2.79 bits per heavy atom. The molecule has 4 heteroatoms. The van der Waals surface area contributed by atoms with E-state index in [0.717, 1.165) is 30.5 Å². The Balaban J connectivity index is 2.08. The van der Waals surface area contributed by atoms with Gasteiger partial charge in [0, 0.05) is 6.54 Å². The van der Waals surface area contributed by atoms with Gasteiger partial charge in [-0.05, 0) is 42.9 Å². The summed E-state index contributed by atoms with van der Waals surface area (Å²) in [6.45, 7) is 2.60. The Labute approximate surface area is 113 Å². The van der Waals surface area contributed by atoms with Gasteiger partial charge in [0.05, 0.1) is 17.7 Å². The molecule has 0 heterocycles. The Bertz CT molecular complexity index is 527. The monoisotopic (exact) mass is 258 g/mol. The van der Waals surface area contributed by atoms with E-state index in [2.05, 4.69) is 11.4 Å². The van der Waals surface area contributed by atoms with Gasteiger partial charge in [-0.3, -0.25) is 4.79 Å². The molecule has 0 aliphatic heterocycles. The number of carbonyl (C=O) groups is 1. The fraction of sp³-hybridized carbons (Fsp3) is 0.467. The van der Waals surface area contributed by atoms with Gasteiger partial charge in [-0.15, -0.1) is 0 Å². The van der Waals surface area contributed by atoms with Crippen LogP contribution in [0.5, 0.6) is 0 Å². The summed E-state index contributed by atoms with van der Waals surface area (Å²) < 4.78 is 0. The van der Waals surface area contributed by atoms with Crippen molar-refractivity contribution in [1.82, 2.24) is 0 Å². The lowest BCUT2D eigenvalue weighted by Crippen LogP contribution is -2.38. The SMILES string of the molecule is Cc1ccc(C#N)c(NCC2(CC(=O)O)CCC2)c1. The Morgan fingerprint density at radius 1 is 1.53 bits per heavy atom. The summed E-state index contributed by atoms with van der Waals surface area (Å²) in [4.78, 5) is 10.9. The standard InChI is InChI=1S/C15H18N2O2/c1-11-3-4-12(9-16)13(7-11)17-10-15(5-2-6-15)8-14(18)19/h3-4,7,17H,2,5-6,8,10H2,1H3,(H,18,19). The molecule has 1 aliphatic carbocycles. The van der Waals surface area contributed by atoms with E-state index in [1.165, 1.54) is 0 Å². The summed E-state index contributed by atoms with van der Waals surface area (Å²) in [5, 5.41) is 21.3.